The molecule has 0 aliphatic carbocycles. The molecule has 2 N–H and O–H groups in total. The van der Waals surface area contributed by atoms with Gasteiger partial charge in [0.1, 0.15) is 11.6 Å². The van der Waals surface area contributed by atoms with Gasteiger partial charge >= 0.3 is 10.2 Å². The van der Waals surface area contributed by atoms with Crippen molar-refractivity contribution >= 4 is 27.5 Å². The van der Waals surface area contributed by atoms with Crippen molar-refractivity contribution in [3.8, 4) is 0 Å². The van der Waals surface area contributed by atoms with Crippen molar-refractivity contribution in [1.29, 1.82) is 0 Å². The zero-order chi connectivity index (χ0) is 14.8. The Morgan fingerprint density at radius 1 is 1.25 bits per heavy atom. The van der Waals surface area contributed by atoms with E-state index in [-0.39, 0.29) is 0 Å². The monoisotopic (exact) mass is 297 g/mol. The van der Waals surface area contributed by atoms with Crippen molar-refractivity contribution < 1.29 is 12.9 Å². The van der Waals surface area contributed by atoms with E-state index >= 15 is 0 Å². The predicted molar refractivity (Wildman–Crippen MR) is 75.0 cm³/mol. The highest BCUT2D eigenvalue weighted by Crippen LogP contribution is 2.16. The second-order valence-corrected chi connectivity index (χ2v) is 6.15. The van der Waals surface area contributed by atoms with Crippen LogP contribution in [-0.4, -0.2) is 37.0 Å². The fraction of sp³-hybridized carbons (Fsp3) is 0.273. The number of hydrogen-bond acceptors (Lipinski definition) is 6. The third kappa shape index (κ3) is 3.45. The van der Waals surface area contributed by atoms with Crippen molar-refractivity contribution in [3.63, 3.8) is 0 Å². The first kappa shape index (κ1) is 14.3. The van der Waals surface area contributed by atoms with E-state index in [0.717, 1.165) is 4.31 Å². The molecule has 0 aliphatic rings. The molecule has 20 heavy (non-hydrogen) atoms. The molecule has 0 aliphatic heterocycles. The molecule has 0 unspecified atom stereocenters. The van der Waals surface area contributed by atoms with Crippen molar-refractivity contribution in [3.05, 3.63) is 30.2 Å². The molecule has 0 aromatic carbocycles. The van der Waals surface area contributed by atoms with Crippen LogP contribution < -0.4 is 10.0 Å². The number of anilines is 3. The van der Waals surface area contributed by atoms with E-state index in [1.165, 1.54) is 20.3 Å². The van der Waals surface area contributed by atoms with E-state index in [1.54, 1.807) is 25.1 Å². The lowest BCUT2D eigenvalue weighted by Gasteiger charge is -2.13. The molecular weight excluding hydrogens is 282 g/mol. The Morgan fingerprint density at radius 2 is 2.00 bits per heavy atom. The summed E-state index contributed by atoms with van der Waals surface area (Å²) in [6.45, 7) is 1.78. The molecule has 0 saturated carbocycles. The molecule has 0 radical (unpaired) electrons. The number of aryl methyl sites for hydroxylation is 1. The van der Waals surface area contributed by atoms with Gasteiger partial charge in [-0.1, -0.05) is 5.16 Å². The fourth-order valence-electron chi connectivity index (χ4n) is 1.32. The first-order valence-corrected chi connectivity index (χ1v) is 7.17. The Morgan fingerprint density at radius 3 is 2.50 bits per heavy atom. The first-order chi connectivity index (χ1) is 9.37. The molecule has 0 spiro atoms. The number of hydrogen-bond donors (Lipinski definition) is 2. The topological polar surface area (TPSA) is 100 Å². The van der Waals surface area contributed by atoms with Crippen LogP contribution in [0.4, 0.5) is 17.3 Å². The van der Waals surface area contributed by atoms with Gasteiger partial charge < -0.3 is 9.84 Å². The van der Waals surface area contributed by atoms with Gasteiger partial charge in [-0.25, -0.2) is 4.98 Å². The van der Waals surface area contributed by atoms with Crippen molar-refractivity contribution in [1.82, 2.24) is 14.4 Å². The van der Waals surface area contributed by atoms with Crippen LogP contribution in [0.5, 0.6) is 0 Å². The highest BCUT2D eigenvalue weighted by atomic mass is 32.2. The van der Waals surface area contributed by atoms with E-state index in [4.69, 9.17) is 4.52 Å². The van der Waals surface area contributed by atoms with Crippen molar-refractivity contribution in [2.45, 2.75) is 6.92 Å². The van der Waals surface area contributed by atoms with Gasteiger partial charge in [0.2, 0.25) is 0 Å². The fourth-order valence-corrected chi connectivity index (χ4v) is 1.93. The average Bonchev–Trinajstić information content (AvgIpc) is 2.77. The highest BCUT2D eigenvalue weighted by Gasteiger charge is 2.13. The maximum Gasteiger partial charge on any atom is 0.301 e. The number of nitrogens with zero attached hydrogens (tertiary/aromatic N) is 3. The Hall–Kier alpha value is -2.13. The third-order valence-electron chi connectivity index (χ3n) is 2.38. The summed E-state index contributed by atoms with van der Waals surface area (Å²) in [5.41, 5.74) is 0.376. The van der Waals surface area contributed by atoms with Crippen LogP contribution >= 0.6 is 0 Å². The molecule has 0 saturated heterocycles. The second kappa shape index (κ2) is 5.47. The van der Waals surface area contributed by atoms with Crippen LogP contribution in [0.1, 0.15) is 5.76 Å². The standard InChI is InChI=1S/C11H15N5O3S/c1-8-6-11(14-19-8)13-10-5-4-9(7-12-10)15-20(17,18)16(2)3/h4-7,15H,1-3H3,(H,12,13,14). The van der Waals surface area contributed by atoms with Gasteiger partial charge in [0.25, 0.3) is 0 Å². The Bertz CT molecular complexity index is 678. The van der Waals surface area contributed by atoms with E-state index in [1.807, 2.05) is 0 Å². The normalized spacial score (nSPS) is 11.6. The average molecular weight is 297 g/mol. The number of nitrogens with one attached hydrogen (secondary N) is 2. The van der Waals surface area contributed by atoms with Gasteiger partial charge in [0.05, 0.1) is 11.9 Å². The lowest BCUT2D eigenvalue weighted by Crippen LogP contribution is -2.28. The second-order valence-electron chi connectivity index (χ2n) is 4.27. The van der Waals surface area contributed by atoms with Crippen LogP contribution in [0.2, 0.25) is 0 Å². The largest absolute Gasteiger partial charge is 0.360 e. The van der Waals surface area contributed by atoms with E-state index < -0.39 is 10.2 Å². The van der Waals surface area contributed by atoms with Gasteiger partial charge in [0.15, 0.2) is 5.82 Å². The van der Waals surface area contributed by atoms with Crippen LogP contribution in [-0.2, 0) is 10.2 Å². The van der Waals surface area contributed by atoms with E-state index in [2.05, 4.69) is 20.2 Å². The summed E-state index contributed by atoms with van der Waals surface area (Å²) in [6.07, 6.45) is 1.41. The maximum atomic E-state index is 11.6. The molecule has 2 rings (SSSR count). The smallest absolute Gasteiger partial charge is 0.301 e. The molecule has 108 valence electrons. The van der Waals surface area contributed by atoms with Gasteiger partial charge in [-0.2, -0.15) is 12.7 Å². The number of pyridine rings is 1. The molecule has 0 bridgehead atoms. The van der Waals surface area contributed by atoms with E-state index in [0.29, 0.717) is 23.1 Å². The molecule has 8 nitrogen and oxygen atoms in total. The van der Waals surface area contributed by atoms with E-state index in [9.17, 15) is 8.42 Å². The van der Waals surface area contributed by atoms with Crippen LogP contribution in [0.3, 0.4) is 0 Å². The Labute approximate surface area is 117 Å². The number of rotatable bonds is 5. The summed E-state index contributed by atoms with van der Waals surface area (Å²) in [4.78, 5) is 4.09. The molecule has 2 aromatic heterocycles. The van der Waals surface area contributed by atoms with Crippen molar-refractivity contribution in [2.24, 2.45) is 0 Å². The zero-order valence-corrected chi connectivity index (χ0v) is 12.1. The molecule has 0 fully saturated rings. The number of aromatic nitrogens is 2. The van der Waals surface area contributed by atoms with Crippen LogP contribution in [0, 0.1) is 6.92 Å². The minimum Gasteiger partial charge on any atom is -0.360 e. The van der Waals surface area contributed by atoms with Crippen molar-refractivity contribution in [2.75, 3.05) is 24.1 Å². The Balaban J connectivity index is 2.07. The summed E-state index contributed by atoms with van der Waals surface area (Å²) < 4.78 is 31.6. The summed E-state index contributed by atoms with van der Waals surface area (Å²) in [5.74, 6) is 1.76. The quantitative estimate of drug-likeness (QED) is 0.863. The van der Waals surface area contributed by atoms with Gasteiger partial charge in [0, 0.05) is 20.2 Å². The molecule has 2 aromatic rings. The highest BCUT2D eigenvalue weighted by molar-refractivity contribution is 7.90. The molecule has 0 amide bonds. The van der Waals surface area contributed by atoms with Gasteiger partial charge in [-0.05, 0) is 19.1 Å². The Kier molecular flexibility index (Phi) is 3.91. The molecule has 9 heteroatoms. The lowest BCUT2D eigenvalue weighted by molar-refractivity contribution is 0.400. The third-order valence-corrected chi connectivity index (χ3v) is 3.83. The molecular formula is C11H15N5O3S. The summed E-state index contributed by atoms with van der Waals surface area (Å²) in [5, 5.41) is 6.71. The van der Waals surface area contributed by atoms with Crippen LogP contribution in [0.25, 0.3) is 0 Å². The zero-order valence-electron chi connectivity index (χ0n) is 11.3. The summed E-state index contributed by atoms with van der Waals surface area (Å²) >= 11 is 0. The maximum absolute atomic E-state index is 11.6. The van der Waals surface area contributed by atoms with Crippen LogP contribution in [0.15, 0.2) is 28.9 Å². The minimum atomic E-state index is -3.52. The minimum absolute atomic E-state index is 0.376. The molecule has 0 atom stereocenters. The van der Waals surface area contributed by atoms with Gasteiger partial charge in [-0.3, -0.25) is 4.72 Å². The summed E-state index contributed by atoms with van der Waals surface area (Å²) in [6, 6.07) is 4.96. The SMILES string of the molecule is Cc1cc(Nc2ccc(NS(=O)(=O)N(C)C)cn2)no1. The lowest BCUT2D eigenvalue weighted by atomic mass is 10.4. The predicted octanol–water partition coefficient (Wildman–Crippen LogP) is 1.34. The van der Waals surface area contributed by atoms with Gasteiger partial charge in [-0.15, -0.1) is 0 Å². The summed E-state index contributed by atoms with van der Waals surface area (Å²) in [7, 11) is -0.638. The first-order valence-electron chi connectivity index (χ1n) is 5.73. The molecule has 2 heterocycles.